The third-order valence-electron chi connectivity index (χ3n) is 2.06. The average molecular weight is 219 g/mol. The van der Waals surface area contributed by atoms with E-state index < -0.39 is 0 Å². The molecule has 84 valence electrons. The van der Waals surface area contributed by atoms with E-state index in [1.165, 1.54) is 0 Å². The van der Waals surface area contributed by atoms with Crippen molar-refractivity contribution in [3.63, 3.8) is 0 Å². The molecule has 2 heterocycles. The second-order valence-electron chi connectivity index (χ2n) is 3.35. The van der Waals surface area contributed by atoms with E-state index in [0.29, 0.717) is 30.5 Å². The summed E-state index contributed by atoms with van der Waals surface area (Å²) in [6.45, 7) is 2.47. The molecular formula is C10H13N5O. The zero-order chi connectivity index (χ0) is 11.4. The first kappa shape index (κ1) is 10.4. The highest BCUT2D eigenvalue weighted by Gasteiger charge is 2.03. The number of nitrogens with zero attached hydrogens (tertiary/aromatic N) is 3. The fourth-order valence-electron chi connectivity index (χ4n) is 1.31. The lowest BCUT2D eigenvalue weighted by Crippen LogP contribution is -2.07. The number of rotatable bonds is 4. The maximum absolute atomic E-state index is 5.68. The number of nitrogen functional groups attached to an aromatic ring is 1. The van der Waals surface area contributed by atoms with E-state index >= 15 is 0 Å². The first-order chi connectivity index (χ1) is 7.75. The van der Waals surface area contributed by atoms with E-state index in [0.717, 1.165) is 5.69 Å². The molecule has 2 rings (SSSR count). The van der Waals surface area contributed by atoms with E-state index in [4.69, 9.17) is 10.3 Å². The molecule has 6 heteroatoms. The monoisotopic (exact) mass is 219 g/mol. The zero-order valence-corrected chi connectivity index (χ0v) is 8.97. The van der Waals surface area contributed by atoms with Crippen LogP contribution in [0.2, 0.25) is 0 Å². The Hall–Kier alpha value is -2.11. The number of aromatic nitrogens is 3. The Morgan fingerprint density at radius 3 is 3.06 bits per heavy atom. The molecule has 16 heavy (non-hydrogen) atoms. The molecule has 0 saturated carbocycles. The normalized spacial score (nSPS) is 10.3. The lowest BCUT2D eigenvalue weighted by Gasteiger charge is -2.05. The topological polar surface area (TPSA) is 89.9 Å². The van der Waals surface area contributed by atoms with Gasteiger partial charge in [-0.15, -0.1) is 0 Å². The molecule has 0 aromatic carbocycles. The standard InChI is InChI=1S/C10H13N5O/c1-7-14-9(16-15-7)4-6-12-8-3-2-5-13-10(8)11/h2-3,5,12H,4,6H2,1H3,(H2,11,13). The summed E-state index contributed by atoms with van der Waals surface area (Å²) in [7, 11) is 0. The smallest absolute Gasteiger partial charge is 0.228 e. The third-order valence-corrected chi connectivity index (χ3v) is 2.06. The first-order valence-electron chi connectivity index (χ1n) is 4.99. The third kappa shape index (κ3) is 2.47. The molecule has 0 unspecified atom stereocenters. The summed E-state index contributed by atoms with van der Waals surface area (Å²) in [4.78, 5) is 8.07. The van der Waals surface area contributed by atoms with Crippen LogP contribution in [-0.2, 0) is 6.42 Å². The summed E-state index contributed by atoms with van der Waals surface area (Å²) in [6, 6.07) is 3.71. The number of nitrogens with one attached hydrogen (secondary N) is 1. The molecule has 0 spiro atoms. The van der Waals surface area contributed by atoms with Crippen molar-refractivity contribution in [1.29, 1.82) is 0 Å². The quantitative estimate of drug-likeness (QED) is 0.797. The van der Waals surface area contributed by atoms with Crippen LogP contribution in [-0.4, -0.2) is 21.7 Å². The van der Waals surface area contributed by atoms with E-state index in [1.54, 1.807) is 13.1 Å². The van der Waals surface area contributed by atoms with Gasteiger partial charge in [0.05, 0.1) is 5.69 Å². The van der Waals surface area contributed by atoms with E-state index in [2.05, 4.69) is 20.4 Å². The van der Waals surface area contributed by atoms with E-state index in [1.807, 2.05) is 12.1 Å². The molecule has 0 aliphatic heterocycles. The molecule has 0 fully saturated rings. The van der Waals surface area contributed by atoms with Crippen molar-refractivity contribution < 1.29 is 4.52 Å². The minimum absolute atomic E-state index is 0.490. The van der Waals surface area contributed by atoms with Crippen molar-refractivity contribution in [3.8, 4) is 0 Å². The van der Waals surface area contributed by atoms with Gasteiger partial charge in [-0.25, -0.2) is 4.98 Å². The van der Waals surface area contributed by atoms with Gasteiger partial charge in [-0.2, -0.15) is 4.98 Å². The van der Waals surface area contributed by atoms with Crippen molar-refractivity contribution in [1.82, 2.24) is 15.1 Å². The Labute approximate surface area is 92.9 Å². The van der Waals surface area contributed by atoms with Gasteiger partial charge in [0, 0.05) is 19.2 Å². The largest absolute Gasteiger partial charge is 0.382 e. The highest BCUT2D eigenvalue weighted by atomic mass is 16.5. The number of aryl methyl sites for hydroxylation is 1. The van der Waals surface area contributed by atoms with Crippen LogP contribution >= 0.6 is 0 Å². The second kappa shape index (κ2) is 4.61. The molecule has 0 radical (unpaired) electrons. The van der Waals surface area contributed by atoms with Crippen molar-refractivity contribution in [3.05, 3.63) is 30.0 Å². The van der Waals surface area contributed by atoms with E-state index in [9.17, 15) is 0 Å². The molecule has 2 aromatic rings. The maximum atomic E-state index is 5.68. The fraction of sp³-hybridized carbons (Fsp3) is 0.300. The van der Waals surface area contributed by atoms with Crippen LogP contribution in [0.4, 0.5) is 11.5 Å². The minimum Gasteiger partial charge on any atom is -0.382 e. The van der Waals surface area contributed by atoms with E-state index in [-0.39, 0.29) is 0 Å². The van der Waals surface area contributed by atoms with Crippen LogP contribution in [0.3, 0.4) is 0 Å². The van der Waals surface area contributed by atoms with Gasteiger partial charge in [0.15, 0.2) is 5.82 Å². The van der Waals surface area contributed by atoms with Crippen molar-refractivity contribution >= 4 is 11.5 Å². The molecule has 0 aliphatic carbocycles. The lowest BCUT2D eigenvalue weighted by molar-refractivity contribution is 0.377. The van der Waals surface area contributed by atoms with Gasteiger partial charge in [0.25, 0.3) is 0 Å². The van der Waals surface area contributed by atoms with Crippen LogP contribution in [0.1, 0.15) is 11.7 Å². The van der Waals surface area contributed by atoms with Crippen molar-refractivity contribution in [2.45, 2.75) is 13.3 Å². The number of nitrogens with two attached hydrogens (primary N) is 1. The number of hydrogen-bond acceptors (Lipinski definition) is 6. The number of anilines is 2. The van der Waals surface area contributed by atoms with Gasteiger partial charge < -0.3 is 15.6 Å². The Kier molecular flexibility index (Phi) is 3.00. The van der Waals surface area contributed by atoms with Gasteiger partial charge in [0.1, 0.15) is 5.82 Å². The van der Waals surface area contributed by atoms with Crippen LogP contribution in [0.5, 0.6) is 0 Å². The van der Waals surface area contributed by atoms with Crippen molar-refractivity contribution in [2.24, 2.45) is 0 Å². The van der Waals surface area contributed by atoms with Gasteiger partial charge in [-0.3, -0.25) is 0 Å². The van der Waals surface area contributed by atoms with Crippen LogP contribution in [0.15, 0.2) is 22.9 Å². The van der Waals surface area contributed by atoms with Gasteiger partial charge in [-0.05, 0) is 19.1 Å². The predicted molar refractivity (Wildman–Crippen MR) is 59.9 cm³/mol. The molecule has 6 nitrogen and oxygen atoms in total. The SMILES string of the molecule is Cc1noc(CCNc2cccnc2N)n1. The van der Waals surface area contributed by atoms with Crippen LogP contribution in [0, 0.1) is 6.92 Å². The molecule has 3 N–H and O–H groups in total. The van der Waals surface area contributed by atoms with Crippen LogP contribution < -0.4 is 11.1 Å². The lowest BCUT2D eigenvalue weighted by atomic mass is 10.3. The summed E-state index contributed by atoms with van der Waals surface area (Å²) >= 11 is 0. The summed E-state index contributed by atoms with van der Waals surface area (Å²) < 4.78 is 4.98. The maximum Gasteiger partial charge on any atom is 0.228 e. The van der Waals surface area contributed by atoms with Gasteiger partial charge in [-0.1, -0.05) is 5.16 Å². The fourth-order valence-corrected chi connectivity index (χ4v) is 1.31. The Balaban J connectivity index is 1.87. The highest BCUT2D eigenvalue weighted by Crippen LogP contribution is 2.13. The minimum atomic E-state index is 0.490. The molecular weight excluding hydrogens is 206 g/mol. The van der Waals surface area contributed by atoms with Gasteiger partial charge in [0.2, 0.25) is 5.89 Å². The Morgan fingerprint density at radius 2 is 2.38 bits per heavy atom. The molecule has 2 aromatic heterocycles. The van der Waals surface area contributed by atoms with Crippen molar-refractivity contribution in [2.75, 3.05) is 17.6 Å². The van der Waals surface area contributed by atoms with Gasteiger partial charge >= 0.3 is 0 Å². The summed E-state index contributed by atoms with van der Waals surface area (Å²) in [5, 5.41) is 6.86. The molecule has 0 bridgehead atoms. The Bertz CT molecular complexity index is 468. The second-order valence-corrected chi connectivity index (χ2v) is 3.35. The summed E-state index contributed by atoms with van der Waals surface area (Å²) in [5.74, 6) is 1.76. The Morgan fingerprint density at radius 1 is 1.50 bits per heavy atom. The summed E-state index contributed by atoms with van der Waals surface area (Å²) in [6.07, 6.45) is 2.32. The summed E-state index contributed by atoms with van der Waals surface area (Å²) in [5.41, 5.74) is 6.50. The average Bonchev–Trinajstić information content (AvgIpc) is 2.67. The molecule has 0 atom stereocenters. The molecule has 0 amide bonds. The predicted octanol–water partition coefficient (Wildman–Crippen LogP) is 1.01. The van der Waals surface area contributed by atoms with Crippen LogP contribution in [0.25, 0.3) is 0 Å². The number of pyridine rings is 1. The first-order valence-corrected chi connectivity index (χ1v) is 4.99. The highest BCUT2D eigenvalue weighted by molar-refractivity contribution is 5.60. The molecule has 0 saturated heterocycles. The number of hydrogen-bond donors (Lipinski definition) is 2. The zero-order valence-electron chi connectivity index (χ0n) is 8.97. The molecule has 0 aliphatic rings.